The summed E-state index contributed by atoms with van der Waals surface area (Å²) in [6.07, 6.45) is 1.86. The molecule has 2 aromatic rings. The third-order valence-electron chi connectivity index (χ3n) is 3.31. The van der Waals surface area contributed by atoms with Gasteiger partial charge in [-0.2, -0.15) is 0 Å². The van der Waals surface area contributed by atoms with Crippen LogP contribution in [0.15, 0.2) is 48.5 Å². The number of carbonyl (C=O) groups excluding carboxylic acids is 1. The molecule has 0 radical (unpaired) electrons. The summed E-state index contributed by atoms with van der Waals surface area (Å²) in [6.45, 7) is 4.55. The zero-order valence-electron chi connectivity index (χ0n) is 13.5. The number of benzene rings is 2. The van der Waals surface area contributed by atoms with E-state index in [1.165, 1.54) is 23.8 Å². The molecular formula is C19H22FNO2. The highest BCUT2D eigenvalue weighted by Crippen LogP contribution is 2.14. The summed E-state index contributed by atoms with van der Waals surface area (Å²) in [6, 6.07) is 13.7. The highest BCUT2D eigenvalue weighted by atomic mass is 19.1. The molecule has 1 N–H and O–H groups in total. The number of hydrogen-bond acceptors (Lipinski definition) is 2. The third kappa shape index (κ3) is 5.74. The number of hydrogen-bond donors (Lipinski definition) is 1. The molecule has 0 saturated carbocycles. The summed E-state index contributed by atoms with van der Waals surface area (Å²) in [5, 5.41) is 2.80. The largest absolute Gasteiger partial charge is 0.491 e. The monoisotopic (exact) mass is 315 g/mol. The molecule has 4 heteroatoms. The molecule has 122 valence electrons. The Morgan fingerprint density at radius 3 is 2.57 bits per heavy atom. The van der Waals surface area contributed by atoms with Crippen LogP contribution in [-0.4, -0.2) is 18.6 Å². The molecule has 2 rings (SSSR count). The van der Waals surface area contributed by atoms with Gasteiger partial charge in [0.1, 0.15) is 11.6 Å². The van der Waals surface area contributed by atoms with E-state index in [0.29, 0.717) is 12.1 Å². The SMILES string of the molecule is CC(C)Oc1ccc(CCCNC(=O)c2cccc(F)c2)cc1. The van der Waals surface area contributed by atoms with Crippen LogP contribution in [0.25, 0.3) is 0 Å². The number of rotatable bonds is 7. The van der Waals surface area contributed by atoms with Crippen LogP contribution in [0.2, 0.25) is 0 Å². The fourth-order valence-electron chi connectivity index (χ4n) is 2.23. The lowest BCUT2D eigenvalue weighted by molar-refractivity contribution is 0.0952. The standard InChI is InChI=1S/C19H22FNO2/c1-14(2)23-18-10-8-15(9-11-18)5-4-12-21-19(22)16-6-3-7-17(20)13-16/h3,6-11,13-14H,4-5,12H2,1-2H3,(H,21,22). The Kier molecular flexibility index (Phi) is 6.15. The van der Waals surface area contributed by atoms with Crippen molar-refractivity contribution in [2.75, 3.05) is 6.54 Å². The molecule has 0 aliphatic heterocycles. The molecule has 0 unspecified atom stereocenters. The molecule has 0 aliphatic rings. The van der Waals surface area contributed by atoms with Crippen molar-refractivity contribution in [2.45, 2.75) is 32.8 Å². The number of aryl methyl sites for hydroxylation is 1. The predicted molar refractivity (Wildman–Crippen MR) is 89.3 cm³/mol. The van der Waals surface area contributed by atoms with Gasteiger partial charge in [0.2, 0.25) is 0 Å². The predicted octanol–water partition coefficient (Wildman–Crippen LogP) is 3.98. The normalized spacial score (nSPS) is 10.6. The van der Waals surface area contributed by atoms with Gasteiger partial charge in [0.05, 0.1) is 6.10 Å². The summed E-state index contributed by atoms with van der Waals surface area (Å²) in [5.41, 5.74) is 1.54. The van der Waals surface area contributed by atoms with Crippen molar-refractivity contribution in [1.29, 1.82) is 0 Å². The van der Waals surface area contributed by atoms with Gasteiger partial charge in [-0.1, -0.05) is 18.2 Å². The van der Waals surface area contributed by atoms with Crippen LogP contribution in [0.1, 0.15) is 36.2 Å². The van der Waals surface area contributed by atoms with E-state index >= 15 is 0 Å². The Hall–Kier alpha value is -2.36. The number of carbonyl (C=O) groups is 1. The van der Waals surface area contributed by atoms with Crippen LogP contribution in [0, 0.1) is 5.82 Å². The molecule has 3 nitrogen and oxygen atoms in total. The van der Waals surface area contributed by atoms with Gasteiger partial charge in [0, 0.05) is 12.1 Å². The quantitative estimate of drug-likeness (QED) is 0.785. The van der Waals surface area contributed by atoms with Crippen molar-refractivity contribution < 1.29 is 13.9 Å². The van der Waals surface area contributed by atoms with E-state index in [1.807, 2.05) is 38.1 Å². The van der Waals surface area contributed by atoms with Crippen molar-refractivity contribution >= 4 is 5.91 Å². The molecule has 1 amide bonds. The van der Waals surface area contributed by atoms with E-state index in [0.717, 1.165) is 18.6 Å². The lowest BCUT2D eigenvalue weighted by atomic mass is 10.1. The first-order valence-electron chi connectivity index (χ1n) is 7.84. The fraction of sp³-hybridized carbons (Fsp3) is 0.316. The summed E-state index contributed by atoms with van der Waals surface area (Å²) in [4.78, 5) is 11.9. The molecule has 2 aromatic carbocycles. The fourth-order valence-corrected chi connectivity index (χ4v) is 2.23. The van der Waals surface area contributed by atoms with Crippen LogP contribution in [0.4, 0.5) is 4.39 Å². The first kappa shape index (κ1) is 17.0. The van der Waals surface area contributed by atoms with Gasteiger partial charge in [0.25, 0.3) is 5.91 Å². The van der Waals surface area contributed by atoms with E-state index in [4.69, 9.17) is 4.74 Å². The average Bonchev–Trinajstić information content (AvgIpc) is 2.52. The summed E-state index contributed by atoms with van der Waals surface area (Å²) in [5.74, 6) is 0.217. The van der Waals surface area contributed by atoms with Crippen LogP contribution in [-0.2, 0) is 6.42 Å². The first-order valence-corrected chi connectivity index (χ1v) is 7.84. The Bertz CT molecular complexity index is 638. The zero-order chi connectivity index (χ0) is 16.7. The minimum atomic E-state index is -0.402. The van der Waals surface area contributed by atoms with E-state index in [2.05, 4.69) is 5.32 Å². The van der Waals surface area contributed by atoms with E-state index < -0.39 is 5.82 Å². The average molecular weight is 315 g/mol. The van der Waals surface area contributed by atoms with Gasteiger partial charge in [-0.3, -0.25) is 4.79 Å². The third-order valence-corrected chi connectivity index (χ3v) is 3.31. The van der Waals surface area contributed by atoms with Gasteiger partial charge in [-0.15, -0.1) is 0 Å². The molecule has 0 bridgehead atoms. The number of amides is 1. The maximum atomic E-state index is 13.1. The number of nitrogens with one attached hydrogen (secondary N) is 1. The molecule has 0 spiro atoms. The molecular weight excluding hydrogens is 293 g/mol. The lowest BCUT2D eigenvalue weighted by Crippen LogP contribution is -2.24. The van der Waals surface area contributed by atoms with Crippen molar-refractivity contribution in [3.05, 3.63) is 65.5 Å². The lowest BCUT2D eigenvalue weighted by Gasteiger charge is -2.10. The molecule has 0 aliphatic carbocycles. The zero-order valence-corrected chi connectivity index (χ0v) is 13.5. The van der Waals surface area contributed by atoms with Crippen molar-refractivity contribution in [2.24, 2.45) is 0 Å². The smallest absolute Gasteiger partial charge is 0.251 e. The molecule has 0 aromatic heterocycles. The molecule has 0 heterocycles. The van der Waals surface area contributed by atoms with Crippen LogP contribution >= 0.6 is 0 Å². The van der Waals surface area contributed by atoms with E-state index in [-0.39, 0.29) is 12.0 Å². The summed E-state index contributed by atoms with van der Waals surface area (Å²) < 4.78 is 18.7. The molecule has 23 heavy (non-hydrogen) atoms. The van der Waals surface area contributed by atoms with Crippen molar-refractivity contribution in [1.82, 2.24) is 5.32 Å². The number of halogens is 1. The van der Waals surface area contributed by atoms with Gasteiger partial charge < -0.3 is 10.1 Å². The van der Waals surface area contributed by atoms with Crippen LogP contribution < -0.4 is 10.1 Å². The van der Waals surface area contributed by atoms with Gasteiger partial charge in [-0.25, -0.2) is 4.39 Å². The minimum absolute atomic E-state index is 0.166. The summed E-state index contributed by atoms with van der Waals surface area (Å²) >= 11 is 0. The van der Waals surface area contributed by atoms with E-state index in [9.17, 15) is 9.18 Å². The van der Waals surface area contributed by atoms with Gasteiger partial charge in [-0.05, 0) is 62.6 Å². The topological polar surface area (TPSA) is 38.3 Å². The Morgan fingerprint density at radius 2 is 1.91 bits per heavy atom. The second-order valence-corrected chi connectivity index (χ2v) is 5.68. The van der Waals surface area contributed by atoms with Gasteiger partial charge in [0.15, 0.2) is 0 Å². The second-order valence-electron chi connectivity index (χ2n) is 5.68. The second kappa shape index (κ2) is 8.32. The molecule has 0 saturated heterocycles. The maximum absolute atomic E-state index is 13.1. The van der Waals surface area contributed by atoms with E-state index in [1.54, 1.807) is 6.07 Å². The van der Waals surface area contributed by atoms with Crippen LogP contribution in [0.5, 0.6) is 5.75 Å². The first-order chi connectivity index (χ1) is 11.0. The highest BCUT2D eigenvalue weighted by molar-refractivity contribution is 5.94. The van der Waals surface area contributed by atoms with Crippen LogP contribution in [0.3, 0.4) is 0 Å². The van der Waals surface area contributed by atoms with Gasteiger partial charge >= 0.3 is 0 Å². The number of ether oxygens (including phenoxy) is 1. The van der Waals surface area contributed by atoms with Crippen molar-refractivity contribution in [3.8, 4) is 5.75 Å². The Labute approximate surface area is 136 Å². The molecule has 0 fully saturated rings. The molecule has 0 atom stereocenters. The summed E-state index contributed by atoms with van der Waals surface area (Å²) in [7, 11) is 0. The minimum Gasteiger partial charge on any atom is -0.491 e. The Balaban J connectivity index is 1.74. The highest BCUT2D eigenvalue weighted by Gasteiger charge is 2.05. The van der Waals surface area contributed by atoms with Crippen molar-refractivity contribution in [3.63, 3.8) is 0 Å². The Morgan fingerprint density at radius 1 is 1.17 bits per heavy atom. The maximum Gasteiger partial charge on any atom is 0.251 e.